The predicted molar refractivity (Wildman–Crippen MR) is 111 cm³/mol. The summed E-state index contributed by atoms with van der Waals surface area (Å²) in [5.74, 6) is 3.33. The molecule has 1 saturated carbocycles. The van der Waals surface area contributed by atoms with Crippen LogP contribution in [0.3, 0.4) is 0 Å². The van der Waals surface area contributed by atoms with Gasteiger partial charge in [-0.1, -0.05) is 32.3 Å². The monoisotopic (exact) mass is 397 g/mol. The van der Waals surface area contributed by atoms with Crippen LogP contribution in [-0.2, 0) is 17.2 Å². The van der Waals surface area contributed by atoms with Crippen molar-refractivity contribution in [2.45, 2.75) is 83.4 Å². The summed E-state index contributed by atoms with van der Waals surface area (Å²) in [7, 11) is -0.706. The second kappa shape index (κ2) is 11.4. The van der Waals surface area contributed by atoms with E-state index in [1.165, 1.54) is 0 Å². The third-order valence-corrected chi connectivity index (χ3v) is 6.53. The fraction of sp³-hybridized carbons (Fsp3) is 0.842. The van der Waals surface area contributed by atoms with Crippen LogP contribution in [0, 0.1) is 0 Å². The Bertz CT molecular complexity index is 617. The Morgan fingerprint density at radius 3 is 2.85 bits per heavy atom. The second-order valence-corrected chi connectivity index (χ2v) is 9.37. The molecule has 154 valence electrons. The van der Waals surface area contributed by atoms with Crippen molar-refractivity contribution >= 4 is 16.8 Å². The molecule has 1 fully saturated rings. The maximum Gasteiger partial charge on any atom is 0.226 e. The predicted octanol–water partition coefficient (Wildman–Crippen LogP) is 2.76. The zero-order chi connectivity index (χ0) is 19.6. The first kappa shape index (κ1) is 21.9. The van der Waals surface area contributed by atoms with Crippen LogP contribution in [0.1, 0.15) is 77.4 Å². The highest BCUT2D eigenvalue weighted by molar-refractivity contribution is 7.85. The molecule has 0 aromatic carbocycles. The molecule has 7 nitrogen and oxygen atoms in total. The number of nitrogens with zero attached hydrogens (tertiary/aromatic N) is 3. The van der Waals surface area contributed by atoms with Gasteiger partial charge in [0, 0.05) is 53.3 Å². The minimum atomic E-state index is -0.706. The first-order valence-corrected chi connectivity index (χ1v) is 11.7. The van der Waals surface area contributed by atoms with E-state index in [1.54, 1.807) is 0 Å². The molecule has 3 unspecified atom stereocenters. The van der Waals surface area contributed by atoms with Gasteiger partial charge in [-0.25, -0.2) is 0 Å². The Kier molecular flexibility index (Phi) is 9.24. The van der Waals surface area contributed by atoms with Crippen LogP contribution in [-0.4, -0.2) is 50.4 Å². The van der Waals surface area contributed by atoms with E-state index in [4.69, 9.17) is 4.52 Å². The summed E-state index contributed by atoms with van der Waals surface area (Å²) in [6.45, 7) is 9.71. The van der Waals surface area contributed by atoms with Gasteiger partial charge >= 0.3 is 0 Å². The van der Waals surface area contributed by atoms with Gasteiger partial charge < -0.3 is 15.2 Å². The van der Waals surface area contributed by atoms with Crippen molar-refractivity contribution in [1.29, 1.82) is 0 Å². The van der Waals surface area contributed by atoms with E-state index in [1.807, 2.05) is 6.92 Å². The number of guanidine groups is 1. The Labute approximate surface area is 165 Å². The maximum absolute atomic E-state index is 12.1. The fourth-order valence-electron chi connectivity index (χ4n) is 3.29. The molecule has 1 aromatic heterocycles. The molecule has 0 spiro atoms. The molecule has 2 rings (SSSR count). The van der Waals surface area contributed by atoms with Gasteiger partial charge in [0.25, 0.3) is 0 Å². The van der Waals surface area contributed by atoms with E-state index >= 15 is 0 Å². The largest absolute Gasteiger partial charge is 0.357 e. The zero-order valence-electron chi connectivity index (χ0n) is 17.2. The molecule has 1 aliphatic carbocycles. The van der Waals surface area contributed by atoms with Crippen molar-refractivity contribution in [2.75, 3.05) is 18.8 Å². The molecule has 2 N–H and O–H groups in total. The molecular weight excluding hydrogens is 362 g/mol. The van der Waals surface area contributed by atoms with E-state index in [0.29, 0.717) is 23.7 Å². The number of aliphatic imine (C=N–C) groups is 1. The van der Waals surface area contributed by atoms with Crippen LogP contribution in [0.2, 0.25) is 0 Å². The van der Waals surface area contributed by atoms with Crippen molar-refractivity contribution in [3.05, 3.63) is 11.7 Å². The fourth-order valence-corrected chi connectivity index (χ4v) is 4.64. The minimum absolute atomic E-state index is 0.284. The molecule has 0 bridgehead atoms. The average Bonchev–Trinajstić information content (AvgIpc) is 3.14. The molecule has 0 radical (unpaired) electrons. The number of aryl methyl sites for hydroxylation is 1. The third-order valence-electron chi connectivity index (χ3n) is 4.79. The van der Waals surface area contributed by atoms with Crippen molar-refractivity contribution in [2.24, 2.45) is 4.99 Å². The summed E-state index contributed by atoms with van der Waals surface area (Å²) in [5, 5.41) is 11.2. The molecule has 0 aliphatic heterocycles. The molecule has 1 aromatic rings. The second-order valence-electron chi connectivity index (χ2n) is 7.36. The van der Waals surface area contributed by atoms with Crippen LogP contribution < -0.4 is 10.6 Å². The van der Waals surface area contributed by atoms with Crippen molar-refractivity contribution in [1.82, 2.24) is 20.8 Å². The highest BCUT2D eigenvalue weighted by Crippen LogP contribution is 2.23. The standard InChI is InChI=1S/C19H35N5O2S/c1-5-20-19(22-15-9-7-10-16(13-15)27(25)6-2)21-12-8-11-17-23-18(14(3)4)24-26-17/h14-16H,5-13H2,1-4H3,(H2,20,21,22). The van der Waals surface area contributed by atoms with Crippen molar-refractivity contribution in [3.63, 3.8) is 0 Å². The quantitative estimate of drug-likeness (QED) is 0.378. The van der Waals surface area contributed by atoms with Crippen LogP contribution in [0.25, 0.3) is 0 Å². The summed E-state index contributed by atoms with van der Waals surface area (Å²) >= 11 is 0. The SMILES string of the molecule is CCNC(=NCCCc1nc(C(C)C)no1)NC1CCCC(S(=O)CC)C1. The van der Waals surface area contributed by atoms with Gasteiger partial charge in [0.2, 0.25) is 5.89 Å². The summed E-state index contributed by atoms with van der Waals surface area (Å²) in [4.78, 5) is 9.09. The van der Waals surface area contributed by atoms with Crippen LogP contribution in [0.4, 0.5) is 0 Å². The Morgan fingerprint density at radius 1 is 1.37 bits per heavy atom. The highest BCUT2D eigenvalue weighted by atomic mass is 32.2. The van der Waals surface area contributed by atoms with Crippen LogP contribution >= 0.6 is 0 Å². The Morgan fingerprint density at radius 2 is 2.19 bits per heavy atom. The summed E-state index contributed by atoms with van der Waals surface area (Å²) in [6, 6.07) is 0.349. The third kappa shape index (κ3) is 7.24. The first-order valence-electron chi connectivity index (χ1n) is 10.3. The summed E-state index contributed by atoms with van der Waals surface area (Å²) < 4.78 is 17.4. The van der Waals surface area contributed by atoms with Crippen LogP contribution in [0.5, 0.6) is 0 Å². The van der Waals surface area contributed by atoms with Gasteiger partial charge in [-0.05, 0) is 32.6 Å². The first-order chi connectivity index (χ1) is 13.0. The number of aromatic nitrogens is 2. The van der Waals surface area contributed by atoms with Gasteiger partial charge in [-0.2, -0.15) is 4.98 Å². The average molecular weight is 398 g/mol. The summed E-state index contributed by atoms with van der Waals surface area (Å²) in [5.41, 5.74) is 0. The number of nitrogens with one attached hydrogen (secondary N) is 2. The van der Waals surface area contributed by atoms with E-state index in [9.17, 15) is 4.21 Å². The molecule has 1 heterocycles. The molecule has 0 amide bonds. The normalized spacial score (nSPS) is 22.0. The number of hydrogen-bond acceptors (Lipinski definition) is 5. The minimum Gasteiger partial charge on any atom is -0.357 e. The van der Waals surface area contributed by atoms with Gasteiger partial charge in [-0.15, -0.1) is 0 Å². The lowest BCUT2D eigenvalue weighted by molar-refractivity contribution is 0.369. The van der Waals surface area contributed by atoms with E-state index in [-0.39, 0.29) is 5.92 Å². The lowest BCUT2D eigenvalue weighted by Gasteiger charge is -2.30. The van der Waals surface area contributed by atoms with E-state index < -0.39 is 10.8 Å². The van der Waals surface area contributed by atoms with Gasteiger partial charge in [0.15, 0.2) is 11.8 Å². The molecule has 27 heavy (non-hydrogen) atoms. The van der Waals surface area contributed by atoms with E-state index in [0.717, 1.165) is 62.6 Å². The van der Waals surface area contributed by atoms with Gasteiger partial charge in [0.05, 0.1) is 0 Å². The van der Waals surface area contributed by atoms with Crippen LogP contribution in [0.15, 0.2) is 9.52 Å². The van der Waals surface area contributed by atoms with E-state index in [2.05, 4.69) is 46.5 Å². The smallest absolute Gasteiger partial charge is 0.226 e. The molecule has 1 aliphatic rings. The lowest BCUT2D eigenvalue weighted by atomic mass is 9.95. The number of hydrogen-bond donors (Lipinski definition) is 2. The Hall–Kier alpha value is -1.44. The molecule has 8 heteroatoms. The zero-order valence-corrected chi connectivity index (χ0v) is 18.0. The van der Waals surface area contributed by atoms with Gasteiger partial charge in [0.1, 0.15) is 0 Å². The maximum atomic E-state index is 12.1. The Balaban J connectivity index is 1.81. The summed E-state index contributed by atoms with van der Waals surface area (Å²) in [6.07, 6.45) is 5.89. The lowest BCUT2D eigenvalue weighted by Crippen LogP contribution is -2.46. The highest BCUT2D eigenvalue weighted by Gasteiger charge is 2.26. The topological polar surface area (TPSA) is 92.4 Å². The van der Waals surface area contributed by atoms with Crippen molar-refractivity contribution < 1.29 is 8.73 Å². The molecular formula is C19H35N5O2S. The van der Waals surface area contributed by atoms with Crippen molar-refractivity contribution in [3.8, 4) is 0 Å². The van der Waals surface area contributed by atoms with Gasteiger partial charge in [-0.3, -0.25) is 9.20 Å². The molecule has 0 saturated heterocycles. The number of rotatable bonds is 9. The molecule has 3 atom stereocenters.